The Kier molecular flexibility index (Phi) is 5.71. The monoisotopic (exact) mass is 361 g/mol. The van der Waals surface area contributed by atoms with Crippen molar-refractivity contribution in [3.8, 4) is 5.69 Å². The topological polar surface area (TPSA) is 71.8 Å². The van der Waals surface area contributed by atoms with Crippen LogP contribution in [-0.2, 0) is 6.42 Å². The van der Waals surface area contributed by atoms with Gasteiger partial charge < -0.3 is 10.6 Å². The van der Waals surface area contributed by atoms with Crippen LogP contribution in [-0.4, -0.2) is 39.3 Å². The third kappa shape index (κ3) is 4.19. The van der Waals surface area contributed by atoms with Gasteiger partial charge in [0.2, 0.25) is 5.82 Å². The molecule has 0 bridgehead atoms. The molecular formula is C18H24ClN5O. The summed E-state index contributed by atoms with van der Waals surface area (Å²) in [5, 5.41) is 11.5. The molecule has 2 N–H and O–H groups in total. The number of hydrogen-bond acceptors (Lipinski definition) is 4. The van der Waals surface area contributed by atoms with Crippen LogP contribution in [0, 0.1) is 0 Å². The summed E-state index contributed by atoms with van der Waals surface area (Å²) in [5.41, 5.74) is 0.745. The first-order valence-corrected chi connectivity index (χ1v) is 9.21. The van der Waals surface area contributed by atoms with E-state index in [0.29, 0.717) is 11.1 Å². The maximum atomic E-state index is 12.6. The van der Waals surface area contributed by atoms with Crippen molar-refractivity contribution in [2.24, 2.45) is 0 Å². The van der Waals surface area contributed by atoms with Crippen LogP contribution in [0.2, 0.25) is 5.02 Å². The number of carbonyl (C=O) groups is 1. The highest BCUT2D eigenvalue weighted by atomic mass is 35.5. The zero-order chi connectivity index (χ0) is 17.8. The molecule has 0 spiro atoms. The van der Waals surface area contributed by atoms with E-state index in [1.54, 1.807) is 4.68 Å². The zero-order valence-electron chi connectivity index (χ0n) is 14.6. The Hall–Kier alpha value is -1.92. The fourth-order valence-corrected chi connectivity index (χ4v) is 3.37. The van der Waals surface area contributed by atoms with E-state index in [-0.39, 0.29) is 17.8 Å². The van der Waals surface area contributed by atoms with Gasteiger partial charge in [-0.15, -0.1) is 5.10 Å². The van der Waals surface area contributed by atoms with Crippen LogP contribution < -0.4 is 10.6 Å². The fourth-order valence-electron chi connectivity index (χ4n) is 3.16. The summed E-state index contributed by atoms with van der Waals surface area (Å²) >= 11 is 6.30. The molecule has 0 radical (unpaired) electrons. The summed E-state index contributed by atoms with van der Waals surface area (Å²) < 4.78 is 1.69. The molecule has 1 aliphatic rings. The van der Waals surface area contributed by atoms with E-state index in [1.807, 2.05) is 24.3 Å². The molecule has 2 aromatic rings. The SMILES string of the molecule is CCCc1nc(C(=O)NC2CCNC(C)C2)nn1-c1ccccc1Cl. The maximum absolute atomic E-state index is 12.6. The number of para-hydroxylation sites is 1. The van der Waals surface area contributed by atoms with Gasteiger partial charge in [-0.25, -0.2) is 9.67 Å². The Balaban J connectivity index is 1.83. The van der Waals surface area contributed by atoms with Gasteiger partial charge in [0.05, 0.1) is 10.7 Å². The number of amides is 1. The number of aromatic nitrogens is 3. The highest BCUT2D eigenvalue weighted by molar-refractivity contribution is 6.32. The lowest BCUT2D eigenvalue weighted by atomic mass is 10.0. The van der Waals surface area contributed by atoms with Gasteiger partial charge in [-0.3, -0.25) is 4.79 Å². The molecular weight excluding hydrogens is 338 g/mol. The molecule has 2 atom stereocenters. The van der Waals surface area contributed by atoms with Crippen LogP contribution in [0.5, 0.6) is 0 Å². The van der Waals surface area contributed by atoms with Crippen LogP contribution in [0.15, 0.2) is 24.3 Å². The lowest BCUT2D eigenvalue weighted by Gasteiger charge is -2.28. The molecule has 1 amide bonds. The van der Waals surface area contributed by atoms with Crippen LogP contribution in [0.3, 0.4) is 0 Å². The van der Waals surface area contributed by atoms with Gasteiger partial charge in [0.1, 0.15) is 5.82 Å². The minimum Gasteiger partial charge on any atom is -0.346 e. The molecule has 7 heteroatoms. The second-order valence-electron chi connectivity index (χ2n) is 6.51. The Labute approximate surface area is 153 Å². The minimum atomic E-state index is -0.220. The van der Waals surface area contributed by atoms with Gasteiger partial charge in [-0.05, 0) is 44.9 Å². The van der Waals surface area contributed by atoms with Gasteiger partial charge in [0, 0.05) is 18.5 Å². The van der Waals surface area contributed by atoms with E-state index >= 15 is 0 Å². The van der Waals surface area contributed by atoms with Crippen LogP contribution >= 0.6 is 11.6 Å². The molecule has 1 aliphatic heterocycles. The fraction of sp³-hybridized carbons (Fsp3) is 0.500. The third-order valence-corrected chi connectivity index (χ3v) is 4.71. The number of piperidine rings is 1. The van der Waals surface area contributed by atoms with E-state index in [4.69, 9.17) is 11.6 Å². The summed E-state index contributed by atoms with van der Waals surface area (Å²) in [4.78, 5) is 17.1. The molecule has 1 aromatic carbocycles. The van der Waals surface area contributed by atoms with Crippen LogP contribution in [0.25, 0.3) is 5.69 Å². The second kappa shape index (κ2) is 7.97. The number of benzene rings is 1. The van der Waals surface area contributed by atoms with E-state index in [9.17, 15) is 4.79 Å². The summed E-state index contributed by atoms with van der Waals surface area (Å²) in [6, 6.07) is 8.02. The molecule has 0 aliphatic carbocycles. The van der Waals surface area contributed by atoms with E-state index in [0.717, 1.165) is 43.7 Å². The smallest absolute Gasteiger partial charge is 0.291 e. The number of nitrogens with zero attached hydrogens (tertiary/aromatic N) is 3. The van der Waals surface area contributed by atoms with Gasteiger partial charge in [0.15, 0.2) is 0 Å². The Morgan fingerprint density at radius 1 is 1.44 bits per heavy atom. The molecule has 2 unspecified atom stereocenters. The Morgan fingerprint density at radius 3 is 2.96 bits per heavy atom. The molecule has 1 saturated heterocycles. The van der Waals surface area contributed by atoms with Gasteiger partial charge in [-0.2, -0.15) is 0 Å². The van der Waals surface area contributed by atoms with Crippen LogP contribution in [0.4, 0.5) is 0 Å². The molecule has 1 fully saturated rings. The number of halogens is 1. The first-order valence-electron chi connectivity index (χ1n) is 8.83. The van der Waals surface area contributed by atoms with Crippen molar-refractivity contribution >= 4 is 17.5 Å². The average molecular weight is 362 g/mol. The number of aryl methyl sites for hydroxylation is 1. The summed E-state index contributed by atoms with van der Waals surface area (Å²) in [5.74, 6) is 0.733. The molecule has 1 aromatic heterocycles. The number of nitrogens with one attached hydrogen (secondary N) is 2. The predicted molar refractivity (Wildman–Crippen MR) is 98.3 cm³/mol. The second-order valence-corrected chi connectivity index (χ2v) is 6.92. The van der Waals surface area contributed by atoms with Crippen molar-refractivity contribution in [1.29, 1.82) is 0 Å². The quantitative estimate of drug-likeness (QED) is 0.859. The first kappa shape index (κ1) is 17.9. The standard InChI is InChI=1S/C18H24ClN5O/c1-3-6-16-22-17(18(25)21-13-9-10-20-12(2)11-13)23-24(16)15-8-5-4-7-14(15)19/h4-5,7-8,12-13,20H,3,6,9-11H2,1-2H3,(H,21,25). The minimum absolute atomic E-state index is 0.158. The number of rotatable bonds is 5. The average Bonchev–Trinajstić information content (AvgIpc) is 3.00. The van der Waals surface area contributed by atoms with Crippen molar-refractivity contribution in [2.45, 2.75) is 51.6 Å². The Morgan fingerprint density at radius 2 is 2.24 bits per heavy atom. The molecule has 0 saturated carbocycles. The first-order chi connectivity index (χ1) is 12.1. The van der Waals surface area contributed by atoms with Crippen molar-refractivity contribution in [3.63, 3.8) is 0 Å². The van der Waals surface area contributed by atoms with E-state index < -0.39 is 0 Å². The number of hydrogen-bond donors (Lipinski definition) is 2. The molecule has 25 heavy (non-hydrogen) atoms. The van der Waals surface area contributed by atoms with Crippen molar-refractivity contribution < 1.29 is 4.79 Å². The van der Waals surface area contributed by atoms with Gasteiger partial charge >= 0.3 is 0 Å². The summed E-state index contributed by atoms with van der Waals surface area (Å²) in [6.07, 6.45) is 3.48. The highest BCUT2D eigenvalue weighted by Crippen LogP contribution is 2.21. The lowest BCUT2D eigenvalue weighted by molar-refractivity contribution is 0.0915. The van der Waals surface area contributed by atoms with Crippen molar-refractivity contribution in [2.75, 3.05) is 6.54 Å². The molecule has 2 heterocycles. The van der Waals surface area contributed by atoms with Crippen LogP contribution in [0.1, 0.15) is 49.6 Å². The summed E-state index contributed by atoms with van der Waals surface area (Å²) in [6.45, 7) is 5.11. The zero-order valence-corrected chi connectivity index (χ0v) is 15.4. The Bertz CT molecular complexity index is 745. The van der Waals surface area contributed by atoms with E-state index in [2.05, 4.69) is 34.6 Å². The predicted octanol–water partition coefficient (Wildman–Crippen LogP) is 2.74. The van der Waals surface area contributed by atoms with Crippen molar-refractivity contribution in [1.82, 2.24) is 25.4 Å². The third-order valence-electron chi connectivity index (χ3n) is 4.39. The molecule has 3 rings (SSSR count). The maximum Gasteiger partial charge on any atom is 0.291 e. The highest BCUT2D eigenvalue weighted by Gasteiger charge is 2.23. The molecule has 134 valence electrons. The van der Waals surface area contributed by atoms with E-state index in [1.165, 1.54) is 0 Å². The number of carbonyl (C=O) groups excluding carboxylic acids is 1. The lowest BCUT2D eigenvalue weighted by Crippen LogP contribution is -2.46. The van der Waals surface area contributed by atoms with Gasteiger partial charge in [0.25, 0.3) is 5.91 Å². The van der Waals surface area contributed by atoms with Gasteiger partial charge in [-0.1, -0.05) is 30.7 Å². The largest absolute Gasteiger partial charge is 0.346 e. The normalized spacial score (nSPS) is 20.4. The molecule has 6 nitrogen and oxygen atoms in total. The summed E-state index contributed by atoms with van der Waals surface area (Å²) in [7, 11) is 0. The van der Waals surface area contributed by atoms with Crippen molar-refractivity contribution in [3.05, 3.63) is 40.9 Å².